The number of carbonyl (C=O) groups is 1. The highest BCUT2D eigenvalue weighted by Gasteiger charge is 2.43. The zero-order chi connectivity index (χ0) is 9.86. The van der Waals surface area contributed by atoms with Crippen LogP contribution >= 0.6 is 0 Å². The summed E-state index contributed by atoms with van der Waals surface area (Å²) in [5, 5.41) is 0. The predicted molar refractivity (Wildman–Crippen MR) is 51.8 cm³/mol. The van der Waals surface area contributed by atoms with Crippen molar-refractivity contribution in [3.63, 3.8) is 0 Å². The van der Waals surface area contributed by atoms with Gasteiger partial charge in [-0.15, -0.1) is 0 Å². The third-order valence-corrected chi connectivity index (χ3v) is 2.89. The first-order chi connectivity index (χ1) is 6.87. The number of aromatic nitrogens is 1. The quantitative estimate of drug-likeness (QED) is 0.525. The molecular formula is C11H13NO2. The highest BCUT2D eigenvalue weighted by Crippen LogP contribution is 2.50. The fourth-order valence-electron chi connectivity index (χ4n) is 1.81. The van der Waals surface area contributed by atoms with Gasteiger partial charge in [-0.1, -0.05) is 6.07 Å². The van der Waals surface area contributed by atoms with Crippen molar-refractivity contribution in [3.05, 3.63) is 30.1 Å². The average molecular weight is 191 g/mol. The molecule has 3 heteroatoms. The summed E-state index contributed by atoms with van der Waals surface area (Å²) in [5.41, 5.74) is 1.52. The molecule has 2 rings (SSSR count). The van der Waals surface area contributed by atoms with Gasteiger partial charge in [0, 0.05) is 17.8 Å². The monoisotopic (exact) mass is 191 g/mol. The van der Waals surface area contributed by atoms with E-state index >= 15 is 0 Å². The molecule has 1 aromatic heterocycles. The molecule has 0 aromatic carbocycles. The van der Waals surface area contributed by atoms with Crippen molar-refractivity contribution in [2.45, 2.75) is 24.7 Å². The standard InChI is InChI=1S/C11H13NO2/c13-9-14-7-5-11(3-4-11)10-2-1-6-12-8-10/h1-2,6,8-9H,3-5,7H2. The van der Waals surface area contributed by atoms with Crippen LogP contribution < -0.4 is 0 Å². The lowest BCUT2D eigenvalue weighted by Crippen LogP contribution is -2.10. The third kappa shape index (κ3) is 1.76. The second-order valence-electron chi connectivity index (χ2n) is 3.74. The maximum absolute atomic E-state index is 10.0. The molecule has 1 aromatic rings. The normalized spacial score (nSPS) is 17.4. The molecule has 0 spiro atoms. The average Bonchev–Trinajstić information content (AvgIpc) is 3.01. The summed E-state index contributed by atoms with van der Waals surface area (Å²) < 4.78 is 4.73. The number of pyridine rings is 1. The van der Waals surface area contributed by atoms with Gasteiger partial charge in [-0.05, 0) is 30.9 Å². The molecule has 1 fully saturated rings. The summed E-state index contributed by atoms with van der Waals surface area (Å²) in [4.78, 5) is 14.1. The van der Waals surface area contributed by atoms with Gasteiger partial charge < -0.3 is 4.74 Å². The van der Waals surface area contributed by atoms with Gasteiger partial charge in [0.15, 0.2) is 0 Å². The van der Waals surface area contributed by atoms with Crippen LogP contribution in [-0.4, -0.2) is 18.1 Å². The van der Waals surface area contributed by atoms with E-state index in [4.69, 9.17) is 4.74 Å². The largest absolute Gasteiger partial charge is 0.468 e. The Morgan fingerprint density at radius 2 is 2.43 bits per heavy atom. The molecule has 0 N–H and O–H groups in total. The van der Waals surface area contributed by atoms with Crippen molar-refractivity contribution in [1.29, 1.82) is 0 Å². The lowest BCUT2D eigenvalue weighted by atomic mass is 9.94. The van der Waals surface area contributed by atoms with Crippen LogP contribution in [-0.2, 0) is 14.9 Å². The number of nitrogens with zero attached hydrogens (tertiary/aromatic N) is 1. The molecule has 1 aliphatic rings. The van der Waals surface area contributed by atoms with Crippen LogP contribution in [0, 0.1) is 0 Å². The van der Waals surface area contributed by atoms with E-state index in [0.29, 0.717) is 13.1 Å². The zero-order valence-corrected chi connectivity index (χ0v) is 7.98. The minimum atomic E-state index is 0.247. The van der Waals surface area contributed by atoms with E-state index in [0.717, 1.165) is 6.42 Å². The second kappa shape index (κ2) is 3.78. The third-order valence-electron chi connectivity index (χ3n) is 2.89. The molecule has 14 heavy (non-hydrogen) atoms. The van der Waals surface area contributed by atoms with Crippen molar-refractivity contribution in [3.8, 4) is 0 Å². The van der Waals surface area contributed by atoms with Gasteiger partial charge >= 0.3 is 0 Å². The van der Waals surface area contributed by atoms with E-state index in [1.807, 2.05) is 12.3 Å². The van der Waals surface area contributed by atoms with Crippen LogP contribution in [0.3, 0.4) is 0 Å². The molecule has 0 atom stereocenters. The summed E-state index contributed by atoms with van der Waals surface area (Å²) in [5.74, 6) is 0. The van der Waals surface area contributed by atoms with Gasteiger partial charge in [-0.2, -0.15) is 0 Å². The molecule has 1 aliphatic carbocycles. The lowest BCUT2D eigenvalue weighted by Gasteiger charge is -2.13. The highest BCUT2D eigenvalue weighted by atomic mass is 16.5. The fourth-order valence-corrected chi connectivity index (χ4v) is 1.81. The Kier molecular flexibility index (Phi) is 2.48. The summed E-state index contributed by atoms with van der Waals surface area (Å²) >= 11 is 0. The Labute approximate surface area is 83.1 Å². The maximum atomic E-state index is 10.0. The van der Waals surface area contributed by atoms with Crippen LogP contribution in [0.4, 0.5) is 0 Å². The van der Waals surface area contributed by atoms with Crippen LogP contribution in [0.5, 0.6) is 0 Å². The molecule has 74 valence electrons. The van der Waals surface area contributed by atoms with Crippen LogP contribution in [0.2, 0.25) is 0 Å². The minimum Gasteiger partial charge on any atom is -0.468 e. The van der Waals surface area contributed by atoms with E-state index in [1.54, 1.807) is 6.20 Å². The fraction of sp³-hybridized carbons (Fsp3) is 0.455. The van der Waals surface area contributed by atoms with Gasteiger partial charge in [0.2, 0.25) is 0 Å². The minimum absolute atomic E-state index is 0.247. The summed E-state index contributed by atoms with van der Waals surface area (Å²) in [7, 11) is 0. The number of carbonyl (C=O) groups excluding carboxylic acids is 1. The van der Waals surface area contributed by atoms with Crippen LogP contribution in [0.15, 0.2) is 24.5 Å². The van der Waals surface area contributed by atoms with E-state index in [2.05, 4.69) is 11.1 Å². The van der Waals surface area contributed by atoms with E-state index < -0.39 is 0 Å². The molecule has 1 heterocycles. The first-order valence-electron chi connectivity index (χ1n) is 4.83. The summed E-state index contributed by atoms with van der Waals surface area (Å²) in [6.07, 6.45) is 6.97. The Morgan fingerprint density at radius 3 is 3.00 bits per heavy atom. The van der Waals surface area contributed by atoms with Crippen LogP contribution in [0.25, 0.3) is 0 Å². The highest BCUT2D eigenvalue weighted by molar-refractivity contribution is 5.37. The Balaban J connectivity index is 1.99. The zero-order valence-electron chi connectivity index (χ0n) is 7.98. The van der Waals surface area contributed by atoms with Crippen molar-refractivity contribution < 1.29 is 9.53 Å². The van der Waals surface area contributed by atoms with Crippen molar-refractivity contribution in [2.75, 3.05) is 6.61 Å². The van der Waals surface area contributed by atoms with Crippen molar-refractivity contribution in [1.82, 2.24) is 4.98 Å². The second-order valence-corrected chi connectivity index (χ2v) is 3.74. The van der Waals surface area contributed by atoms with Crippen LogP contribution in [0.1, 0.15) is 24.8 Å². The SMILES string of the molecule is O=COCCC1(c2cccnc2)CC1. The topological polar surface area (TPSA) is 39.2 Å². The molecule has 0 aliphatic heterocycles. The molecular weight excluding hydrogens is 178 g/mol. The Bertz CT molecular complexity index is 306. The molecule has 1 saturated carbocycles. The van der Waals surface area contributed by atoms with E-state index in [1.165, 1.54) is 18.4 Å². The molecule has 3 nitrogen and oxygen atoms in total. The van der Waals surface area contributed by atoms with Crippen molar-refractivity contribution in [2.24, 2.45) is 0 Å². The number of hydrogen-bond acceptors (Lipinski definition) is 3. The lowest BCUT2D eigenvalue weighted by molar-refractivity contribution is -0.128. The van der Waals surface area contributed by atoms with Crippen molar-refractivity contribution >= 4 is 6.47 Å². The van der Waals surface area contributed by atoms with Gasteiger partial charge in [0.1, 0.15) is 0 Å². The van der Waals surface area contributed by atoms with Gasteiger partial charge in [-0.25, -0.2) is 0 Å². The molecule has 0 unspecified atom stereocenters. The first kappa shape index (κ1) is 9.19. The number of ether oxygens (including phenoxy) is 1. The Hall–Kier alpha value is -1.38. The van der Waals surface area contributed by atoms with E-state index in [9.17, 15) is 4.79 Å². The summed E-state index contributed by atoms with van der Waals surface area (Å²) in [6, 6.07) is 4.05. The summed E-state index contributed by atoms with van der Waals surface area (Å²) in [6.45, 7) is 1.03. The van der Waals surface area contributed by atoms with E-state index in [-0.39, 0.29) is 5.41 Å². The van der Waals surface area contributed by atoms with Gasteiger partial charge in [0.25, 0.3) is 6.47 Å². The molecule has 0 amide bonds. The molecule has 0 saturated heterocycles. The molecule has 0 bridgehead atoms. The number of rotatable bonds is 5. The number of hydrogen-bond donors (Lipinski definition) is 0. The molecule has 0 radical (unpaired) electrons. The smallest absolute Gasteiger partial charge is 0.293 e. The first-order valence-corrected chi connectivity index (χ1v) is 4.83. The predicted octanol–water partition coefficient (Wildman–Crippen LogP) is 1.68. The Morgan fingerprint density at radius 1 is 1.57 bits per heavy atom. The van der Waals surface area contributed by atoms with Gasteiger partial charge in [-0.3, -0.25) is 9.78 Å². The maximum Gasteiger partial charge on any atom is 0.293 e. The van der Waals surface area contributed by atoms with Gasteiger partial charge in [0.05, 0.1) is 6.61 Å².